The predicted molar refractivity (Wildman–Crippen MR) is 85.3 cm³/mol. The summed E-state index contributed by atoms with van der Waals surface area (Å²) in [7, 11) is 1.66. The number of fused-ring (bicyclic) bond motifs is 1. The van der Waals surface area contributed by atoms with Gasteiger partial charge in [-0.25, -0.2) is 0 Å². The summed E-state index contributed by atoms with van der Waals surface area (Å²) in [5, 5.41) is 9.56. The number of hydrogen-bond donors (Lipinski definition) is 1. The Morgan fingerprint density at radius 1 is 1.32 bits per heavy atom. The number of carbonyl (C=O) groups is 1. The molecule has 0 radical (unpaired) electrons. The number of aliphatic hydroxyl groups excluding tert-OH is 1. The highest BCUT2D eigenvalue weighted by Crippen LogP contribution is 2.30. The minimum atomic E-state index is -0.200. The molecule has 2 aliphatic heterocycles. The van der Waals surface area contributed by atoms with E-state index in [2.05, 4.69) is 4.90 Å². The van der Waals surface area contributed by atoms with Gasteiger partial charge in [0.25, 0.3) is 0 Å². The molecule has 0 atom stereocenters. The Balaban J connectivity index is 1.69. The highest BCUT2D eigenvalue weighted by Gasteiger charge is 2.26. The van der Waals surface area contributed by atoms with Crippen molar-refractivity contribution in [2.24, 2.45) is 0 Å². The first kappa shape index (κ1) is 15.3. The average molecular weight is 304 g/mol. The second-order valence-corrected chi connectivity index (χ2v) is 6.15. The molecule has 0 saturated carbocycles. The Kier molecular flexibility index (Phi) is 4.64. The SMILES string of the molecule is COc1ccc2c(c1)CCCN2C(=O)CN1CCC(O)CC1. The van der Waals surface area contributed by atoms with Gasteiger partial charge in [-0.1, -0.05) is 0 Å². The van der Waals surface area contributed by atoms with E-state index >= 15 is 0 Å². The molecule has 5 nitrogen and oxygen atoms in total. The van der Waals surface area contributed by atoms with E-state index in [-0.39, 0.29) is 12.0 Å². The number of anilines is 1. The van der Waals surface area contributed by atoms with E-state index in [1.54, 1.807) is 7.11 Å². The molecule has 1 amide bonds. The van der Waals surface area contributed by atoms with Crippen molar-refractivity contribution in [1.29, 1.82) is 0 Å². The summed E-state index contributed by atoms with van der Waals surface area (Å²) >= 11 is 0. The van der Waals surface area contributed by atoms with E-state index in [1.807, 2.05) is 23.1 Å². The zero-order valence-electron chi connectivity index (χ0n) is 13.1. The van der Waals surface area contributed by atoms with Gasteiger partial charge in [0.2, 0.25) is 5.91 Å². The van der Waals surface area contributed by atoms with Crippen LogP contribution < -0.4 is 9.64 Å². The maximum atomic E-state index is 12.7. The van der Waals surface area contributed by atoms with Crippen LogP contribution in [0, 0.1) is 0 Å². The number of methoxy groups -OCH3 is 1. The molecule has 2 heterocycles. The van der Waals surface area contributed by atoms with Gasteiger partial charge in [-0.2, -0.15) is 0 Å². The van der Waals surface area contributed by atoms with Crippen LogP contribution in [0.1, 0.15) is 24.8 Å². The minimum Gasteiger partial charge on any atom is -0.497 e. The molecule has 3 rings (SSSR count). The van der Waals surface area contributed by atoms with Crippen LogP contribution in [0.3, 0.4) is 0 Å². The van der Waals surface area contributed by atoms with Gasteiger partial charge in [0.15, 0.2) is 0 Å². The summed E-state index contributed by atoms with van der Waals surface area (Å²) in [6.45, 7) is 2.83. The lowest BCUT2D eigenvalue weighted by Gasteiger charge is -2.34. The molecule has 120 valence electrons. The summed E-state index contributed by atoms with van der Waals surface area (Å²) < 4.78 is 5.27. The molecule has 0 spiro atoms. The standard InChI is InChI=1S/C17H24N2O3/c1-22-15-4-5-16-13(11-15)3-2-8-19(16)17(21)12-18-9-6-14(20)7-10-18/h4-5,11,14,20H,2-3,6-10,12H2,1H3. The third-order valence-corrected chi connectivity index (χ3v) is 4.62. The number of rotatable bonds is 3. The first-order valence-corrected chi connectivity index (χ1v) is 8.05. The van der Waals surface area contributed by atoms with Gasteiger partial charge in [0, 0.05) is 25.3 Å². The molecule has 0 unspecified atom stereocenters. The zero-order chi connectivity index (χ0) is 15.5. The first-order chi connectivity index (χ1) is 10.7. The maximum absolute atomic E-state index is 12.7. The van der Waals surface area contributed by atoms with E-state index < -0.39 is 0 Å². The van der Waals surface area contributed by atoms with Crippen molar-refractivity contribution >= 4 is 11.6 Å². The lowest BCUT2D eigenvalue weighted by molar-refractivity contribution is -0.120. The highest BCUT2D eigenvalue weighted by molar-refractivity contribution is 5.96. The van der Waals surface area contributed by atoms with E-state index in [1.165, 1.54) is 5.56 Å². The molecule has 2 aliphatic rings. The van der Waals surface area contributed by atoms with Crippen LogP contribution in [0.5, 0.6) is 5.75 Å². The van der Waals surface area contributed by atoms with Crippen molar-refractivity contribution in [3.8, 4) is 5.75 Å². The number of benzene rings is 1. The van der Waals surface area contributed by atoms with Crippen LogP contribution >= 0.6 is 0 Å². The summed E-state index contributed by atoms with van der Waals surface area (Å²) in [6.07, 6.45) is 3.31. The normalized spacial score (nSPS) is 19.8. The third kappa shape index (κ3) is 3.25. The van der Waals surface area contributed by atoms with Crippen molar-refractivity contribution in [3.63, 3.8) is 0 Å². The number of hydrogen-bond acceptors (Lipinski definition) is 4. The molecule has 0 aromatic heterocycles. The summed E-state index contributed by atoms with van der Waals surface area (Å²) in [5.41, 5.74) is 2.21. The van der Waals surface area contributed by atoms with Gasteiger partial charge in [0.1, 0.15) is 5.75 Å². The fourth-order valence-corrected chi connectivity index (χ4v) is 3.31. The molecule has 1 fully saturated rings. The van der Waals surface area contributed by atoms with Crippen molar-refractivity contribution in [3.05, 3.63) is 23.8 Å². The number of aryl methyl sites for hydroxylation is 1. The van der Waals surface area contributed by atoms with E-state index in [4.69, 9.17) is 4.74 Å². The van der Waals surface area contributed by atoms with Gasteiger partial charge in [-0.05, 0) is 49.4 Å². The van der Waals surface area contributed by atoms with Gasteiger partial charge in [-0.15, -0.1) is 0 Å². The first-order valence-electron chi connectivity index (χ1n) is 8.05. The summed E-state index contributed by atoms with van der Waals surface area (Å²) in [4.78, 5) is 16.7. The van der Waals surface area contributed by atoms with Crippen LogP contribution in [0.2, 0.25) is 0 Å². The number of piperidine rings is 1. The lowest BCUT2D eigenvalue weighted by atomic mass is 10.0. The molecule has 5 heteroatoms. The summed E-state index contributed by atoms with van der Waals surface area (Å²) in [5.74, 6) is 1.00. The quantitative estimate of drug-likeness (QED) is 0.918. The fraction of sp³-hybridized carbons (Fsp3) is 0.588. The molecular weight excluding hydrogens is 280 g/mol. The van der Waals surface area contributed by atoms with Crippen LogP contribution in [-0.4, -0.2) is 55.3 Å². The second-order valence-electron chi connectivity index (χ2n) is 6.15. The molecule has 0 bridgehead atoms. The van der Waals surface area contributed by atoms with Gasteiger partial charge >= 0.3 is 0 Å². The smallest absolute Gasteiger partial charge is 0.241 e. The van der Waals surface area contributed by atoms with Crippen molar-refractivity contribution < 1.29 is 14.6 Å². The molecular formula is C17H24N2O3. The number of amides is 1. The summed E-state index contributed by atoms with van der Waals surface area (Å²) in [6, 6.07) is 5.94. The maximum Gasteiger partial charge on any atom is 0.241 e. The van der Waals surface area contributed by atoms with Gasteiger partial charge in [0.05, 0.1) is 19.8 Å². The van der Waals surface area contributed by atoms with E-state index in [9.17, 15) is 9.90 Å². The predicted octanol–water partition coefficient (Wildman–Crippen LogP) is 1.43. The van der Waals surface area contributed by atoms with E-state index in [0.717, 1.165) is 56.8 Å². The average Bonchev–Trinajstić information content (AvgIpc) is 2.55. The minimum absolute atomic E-state index is 0.155. The van der Waals surface area contributed by atoms with Crippen molar-refractivity contribution in [2.45, 2.75) is 31.8 Å². The van der Waals surface area contributed by atoms with Gasteiger partial charge < -0.3 is 14.7 Å². The highest BCUT2D eigenvalue weighted by atomic mass is 16.5. The van der Waals surface area contributed by atoms with Crippen LogP contribution in [-0.2, 0) is 11.2 Å². The number of likely N-dealkylation sites (tertiary alicyclic amines) is 1. The Morgan fingerprint density at radius 3 is 2.82 bits per heavy atom. The molecule has 22 heavy (non-hydrogen) atoms. The number of nitrogens with zero attached hydrogens (tertiary/aromatic N) is 2. The number of carbonyl (C=O) groups excluding carboxylic acids is 1. The van der Waals surface area contributed by atoms with Crippen LogP contribution in [0.4, 0.5) is 5.69 Å². The lowest BCUT2D eigenvalue weighted by Crippen LogP contribution is -2.45. The van der Waals surface area contributed by atoms with Gasteiger partial charge in [-0.3, -0.25) is 9.69 Å². The molecule has 1 N–H and O–H groups in total. The zero-order valence-corrected chi connectivity index (χ0v) is 13.1. The fourth-order valence-electron chi connectivity index (χ4n) is 3.31. The Labute approximate surface area is 131 Å². The Bertz CT molecular complexity index is 539. The monoisotopic (exact) mass is 304 g/mol. The number of aliphatic hydroxyl groups is 1. The Morgan fingerprint density at radius 2 is 2.09 bits per heavy atom. The van der Waals surface area contributed by atoms with Crippen molar-refractivity contribution in [1.82, 2.24) is 4.90 Å². The molecule has 1 aromatic rings. The van der Waals surface area contributed by atoms with Crippen molar-refractivity contribution in [2.75, 3.05) is 38.2 Å². The molecule has 0 aliphatic carbocycles. The van der Waals surface area contributed by atoms with Crippen LogP contribution in [0.15, 0.2) is 18.2 Å². The second kappa shape index (κ2) is 6.67. The third-order valence-electron chi connectivity index (χ3n) is 4.62. The molecule has 1 aromatic carbocycles. The van der Waals surface area contributed by atoms with E-state index in [0.29, 0.717) is 6.54 Å². The largest absolute Gasteiger partial charge is 0.497 e. The topological polar surface area (TPSA) is 53.0 Å². The molecule has 1 saturated heterocycles. The Hall–Kier alpha value is -1.59. The number of ether oxygens (including phenoxy) is 1. The van der Waals surface area contributed by atoms with Crippen LogP contribution in [0.25, 0.3) is 0 Å².